The summed E-state index contributed by atoms with van der Waals surface area (Å²) in [5.41, 5.74) is 0.948. The largest absolute Gasteiger partial charge is 0.387 e. The van der Waals surface area contributed by atoms with Crippen LogP contribution in [0.2, 0.25) is 0 Å². The standard InChI is InChI=1S/C10H14BrNO.C6H6/c1-2-12-7-10(13)8-3-5-9(11)6-4-8;1-2-4-6-5-3-1/h3-6,10,12-13H,2,7H2,1H3;1-6H/t10-;/m1./s1. The van der Waals surface area contributed by atoms with Crippen LogP contribution in [0.4, 0.5) is 0 Å². The number of aliphatic hydroxyl groups is 1. The minimum absolute atomic E-state index is 0.409. The van der Waals surface area contributed by atoms with Gasteiger partial charge in [0.05, 0.1) is 6.10 Å². The van der Waals surface area contributed by atoms with Gasteiger partial charge < -0.3 is 10.4 Å². The lowest BCUT2D eigenvalue weighted by molar-refractivity contribution is 0.175. The van der Waals surface area contributed by atoms with Crippen LogP contribution >= 0.6 is 15.9 Å². The Hall–Kier alpha value is -1.16. The van der Waals surface area contributed by atoms with Crippen molar-refractivity contribution in [2.24, 2.45) is 0 Å². The maximum absolute atomic E-state index is 9.66. The van der Waals surface area contributed by atoms with Crippen LogP contribution in [0.1, 0.15) is 18.6 Å². The minimum atomic E-state index is -0.409. The summed E-state index contributed by atoms with van der Waals surface area (Å²) in [5.74, 6) is 0. The molecule has 0 aliphatic carbocycles. The predicted molar refractivity (Wildman–Crippen MR) is 84.1 cm³/mol. The Morgan fingerprint density at radius 1 is 1.00 bits per heavy atom. The zero-order valence-electron chi connectivity index (χ0n) is 11.1. The van der Waals surface area contributed by atoms with Crippen molar-refractivity contribution < 1.29 is 5.11 Å². The molecule has 0 heterocycles. The topological polar surface area (TPSA) is 32.3 Å². The molecular formula is C16H20BrNO. The highest BCUT2D eigenvalue weighted by Gasteiger charge is 2.05. The van der Waals surface area contributed by atoms with Crippen LogP contribution in [0.3, 0.4) is 0 Å². The second-order valence-electron chi connectivity index (χ2n) is 4.03. The third kappa shape index (κ3) is 7.11. The van der Waals surface area contributed by atoms with Gasteiger partial charge in [0.2, 0.25) is 0 Å². The molecule has 1 atom stereocenters. The molecule has 0 saturated heterocycles. The highest BCUT2D eigenvalue weighted by molar-refractivity contribution is 9.10. The van der Waals surface area contributed by atoms with Crippen LogP contribution in [0.5, 0.6) is 0 Å². The van der Waals surface area contributed by atoms with Crippen LogP contribution in [0.25, 0.3) is 0 Å². The number of rotatable bonds is 4. The van der Waals surface area contributed by atoms with Crippen molar-refractivity contribution in [2.45, 2.75) is 13.0 Å². The van der Waals surface area contributed by atoms with Crippen molar-refractivity contribution in [2.75, 3.05) is 13.1 Å². The molecule has 0 unspecified atom stereocenters. The number of benzene rings is 2. The van der Waals surface area contributed by atoms with Crippen LogP contribution in [-0.4, -0.2) is 18.2 Å². The van der Waals surface area contributed by atoms with Crippen LogP contribution in [0, 0.1) is 0 Å². The summed E-state index contributed by atoms with van der Waals surface area (Å²) in [6, 6.07) is 19.7. The van der Waals surface area contributed by atoms with E-state index in [0.29, 0.717) is 6.54 Å². The first-order valence-electron chi connectivity index (χ1n) is 6.38. The van der Waals surface area contributed by atoms with Crippen LogP contribution in [-0.2, 0) is 0 Å². The van der Waals surface area contributed by atoms with Crippen molar-refractivity contribution >= 4 is 15.9 Å². The lowest BCUT2D eigenvalue weighted by Gasteiger charge is -2.10. The predicted octanol–water partition coefficient (Wildman–Crippen LogP) is 3.78. The summed E-state index contributed by atoms with van der Waals surface area (Å²) >= 11 is 3.35. The SMILES string of the molecule is CCNC[C@@H](O)c1ccc(Br)cc1.c1ccccc1. The molecule has 2 N–H and O–H groups in total. The van der Waals surface area contributed by atoms with Gasteiger partial charge in [0.25, 0.3) is 0 Å². The van der Waals surface area contributed by atoms with E-state index in [1.54, 1.807) is 0 Å². The third-order valence-electron chi connectivity index (χ3n) is 2.51. The Labute approximate surface area is 123 Å². The summed E-state index contributed by atoms with van der Waals surface area (Å²) < 4.78 is 1.03. The van der Waals surface area contributed by atoms with E-state index in [4.69, 9.17) is 0 Å². The van der Waals surface area contributed by atoms with E-state index in [1.165, 1.54) is 0 Å². The summed E-state index contributed by atoms with van der Waals surface area (Å²) in [4.78, 5) is 0. The molecule has 102 valence electrons. The van der Waals surface area contributed by atoms with Crippen molar-refractivity contribution in [3.05, 3.63) is 70.7 Å². The van der Waals surface area contributed by atoms with Gasteiger partial charge in [0.1, 0.15) is 0 Å². The van der Waals surface area contributed by atoms with E-state index in [-0.39, 0.29) is 0 Å². The molecule has 2 nitrogen and oxygen atoms in total. The molecule has 2 aromatic carbocycles. The van der Waals surface area contributed by atoms with E-state index in [0.717, 1.165) is 16.6 Å². The van der Waals surface area contributed by atoms with Gasteiger partial charge in [0, 0.05) is 11.0 Å². The zero-order chi connectivity index (χ0) is 13.9. The second-order valence-corrected chi connectivity index (χ2v) is 4.95. The smallest absolute Gasteiger partial charge is 0.0914 e. The number of halogens is 1. The van der Waals surface area contributed by atoms with Crippen LogP contribution in [0.15, 0.2) is 65.1 Å². The maximum atomic E-state index is 9.66. The first kappa shape index (κ1) is 15.9. The van der Waals surface area contributed by atoms with Gasteiger partial charge in [-0.25, -0.2) is 0 Å². The van der Waals surface area contributed by atoms with Crippen molar-refractivity contribution in [1.29, 1.82) is 0 Å². The summed E-state index contributed by atoms with van der Waals surface area (Å²) in [5, 5.41) is 12.8. The molecule has 0 amide bonds. The van der Waals surface area contributed by atoms with Crippen molar-refractivity contribution in [3.8, 4) is 0 Å². The Bertz CT molecular complexity index is 404. The highest BCUT2D eigenvalue weighted by atomic mass is 79.9. The third-order valence-corrected chi connectivity index (χ3v) is 3.04. The van der Waals surface area contributed by atoms with Gasteiger partial charge in [-0.1, -0.05) is 71.4 Å². The normalized spacial score (nSPS) is 11.3. The monoisotopic (exact) mass is 321 g/mol. The maximum Gasteiger partial charge on any atom is 0.0914 e. The van der Waals surface area contributed by atoms with E-state index in [1.807, 2.05) is 67.6 Å². The average molecular weight is 322 g/mol. The molecule has 0 fully saturated rings. The number of nitrogens with one attached hydrogen (secondary N) is 1. The van der Waals surface area contributed by atoms with E-state index < -0.39 is 6.10 Å². The molecule has 0 aliphatic heterocycles. The summed E-state index contributed by atoms with van der Waals surface area (Å²) in [6.45, 7) is 3.51. The molecule has 0 spiro atoms. The molecule has 0 saturated carbocycles. The minimum Gasteiger partial charge on any atom is -0.387 e. The van der Waals surface area contributed by atoms with Gasteiger partial charge >= 0.3 is 0 Å². The molecule has 2 aromatic rings. The Balaban J connectivity index is 0.000000250. The molecule has 2 rings (SSSR count). The van der Waals surface area contributed by atoms with Crippen molar-refractivity contribution in [3.63, 3.8) is 0 Å². The Morgan fingerprint density at radius 2 is 1.47 bits per heavy atom. The number of hydrogen-bond acceptors (Lipinski definition) is 2. The second kappa shape index (κ2) is 9.73. The van der Waals surface area contributed by atoms with Gasteiger partial charge in [-0.15, -0.1) is 0 Å². The van der Waals surface area contributed by atoms with Gasteiger partial charge in [-0.05, 0) is 24.2 Å². The van der Waals surface area contributed by atoms with Gasteiger partial charge in [-0.2, -0.15) is 0 Å². The van der Waals surface area contributed by atoms with Gasteiger partial charge in [0.15, 0.2) is 0 Å². The molecule has 19 heavy (non-hydrogen) atoms. The molecule has 0 radical (unpaired) electrons. The fourth-order valence-electron chi connectivity index (χ4n) is 1.47. The fraction of sp³-hybridized carbons (Fsp3) is 0.250. The first-order valence-corrected chi connectivity index (χ1v) is 7.17. The molecule has 3 heteroatoms. The summed E-state index contributed by atoms with van der Waals surface area (Å²) in [6.07, 6.45) is -0.409. The summed E-state index contributed by atoms with van der Waals surface area (Å²) in [7, 11) is 0. The molecule has 0 aromatic heterocycles. The van der Waals surface area contributed by atoms with Crippen molar-refractivity contribution in [1.82, 2.24) is 5.32 Å². The number of hydrogen-bond donors (Lipinski definition) is 2. The lowest BCUT2D eigenvalue weighted by Crippen LogP contribution is -2.20. The molecular weight excluding hydrogens is 302 g/mol. The Kier molecular flexibility index (Phi) is 8.14. The zero-order valence-corrected chi connectivity index (χ0v) is 12.7. The van der Waals surface area contributed by atoms with E-state index in [2.05, 4.69) is 21.2 Å². The lowest BCUT2D eigenvalue weighted by atomic mass is 10.1. The van der Waals surface area contributed by atoms with Crippen LogP contribution < -0.4 is 5.32 Å². The molecule has 0 bridgehead atoms. The van der Waals surface area contributed by atoms with E-state index in [9.17, 15) is 5.11 Å². The number of aliphatic hydroxyl groups excluding tert-OH is 1. The van der Waals surface area contributed by atoms with E-state index >= 15 is 0 Å². The number of likely N-dealkylation sites (N-methyl/N-ethyl adjacent to an activating group) is 1. The molecule has 0 aliphatic rings. The highest BCUT2D eigenvalue weighted by Crippen LogP contribution is 2.15. The average Bonchev–Trinajstić information content (AvgIpc) is 2.48. The Morgan fingerprint density at radius 3 is 1.89 bits per heavy atom. The van der Waals surface area contributed by atoms with Gasteiger partial charge in [-0.3, -0.25) is 0 Å². The fourth-order valence-corrected chi connectivity index (χ4v) is 1.73. The first-order chi connectivity index (χ1) is 9.24. The quantitative estimate of drug-likeness (QED) is 0.898.